The van der Waals surface area contributed by atoms with Gasteiger partial charge >= 0.3 is 0 Å². The average molecular weight is 207 g/mol. The van der Waals surface area contributed by atoms with Crippen LogP contribution in [0.1, 0.15) is 5.56 Å². The Bertz CT molecular complexity index is 449. The van der Waals surface area contributed by atoms with Crippen LogP contribution in [0, 0.1) is 12.7 Å². The van der Waals surface area contributed by atoms with Crippen LogP contribution >= 0.6 is 11.3 Å². The number of hydrogen-bond donors (Lipinski definition) is 1. The molecule has 1 nitrogen and oxygen atoms in total. The second kappa shape index (κ2) is 3.42. The molecule has 72 valence electrons. The van der Waals surface area contributed by atoms with Gasteiger partial charge in [-0.25, -0.2) is 4.39 Å². The van der Waals surface area contributed by atoms with Gasteiger partial charge in [0, 0.05) is 0 Å². The van der Waals surface area contributed by atoms with Crippen LogP contribution in [0.3, 0.4) is 0 Å². The summed E-state index contributed by atoms with van der Waals surface area (Å²) in [4.78, 5) is 0. The SMILES string of the molecule is Cc1cc(N)c(F)cc1-c1ccsc1. The van der Waals surface area contributed by atoms with Gasteiger partial charge in [-0.1, -0.05) is 0 Å². The van der Waals surface area contributed by atoms with E-state index in [1.165, 1.54) is 6.07 Å². The van der Waals surface area contributed by atoms with Crippen LogP contribution in [-0.4, -0.2) is 0 Å². The molecule has 0 atom stereocenters. The predicted molar refractivity (Wildman–Crippen MR) is 58.9 cm³/mol. The summed E-state index contributed by atoms with van der Waals surface area (Å²) in [6.45, 7) is 1.93. The molecule has 2 N–H and O–H groups in total. The van der Waals surface area contributed by atoms with E-state index in [1.807, 2.05) is 23.8 Å². The van der Waals surface area contributed by atoms with Gasteiger partial charge in [0.25, 0.3) is 0 Å². The fourth-order valence-electron chi connectivity index (χ4n) is 1.43. The highest BCUT2D eigenvalue weighted by Crippen LogP contribution is 2.28. The Morgan fingerprint density at radius 2 is 2.14 bits per heavy atom. The first-order valence-corrected chi connectivity index (χ1v) is 5.21. The third-order valence-corrected chi connectivity index (χ3v) is 2.86. The summed E-state index contributed by atoms with van der Waals surface area (Å²) < 4.78 is 13.2. The van der Waals surface area contributed by atoms with Crippen molar-refractivity contribution in [1.82, 2.24) is 0 Å². The molecule has 0 spiro atoms. The van der Waals surface area contributed by atoms with Gasteiger partial charge in [0.2, 0.25) is 0 Å². The van der Waals surface area contributed by atoms with Crippen LogP contribution in [0.15, 0.2) is 29.0 Å². The summed E-state index contributed by atoms with van der Waals surface area (Å²) in [5.74, 6) is -0.350. The second-order valence-electron chi connectivity index (χ2n) is 3.20. The molecular formula is C11H10FNS. The zero-order chi connectivity index (χ0) is 10.1. The van der Waals surface area contributed by atoms with Crippen molar-refractivity contribution in [1.29, 1.82) is 0 Å². The highest BCUT2D eigenvalue weighted by Gasteiger charge is 2.06. The third kappa shape index (κ3) is 1.51. The van der Waals surface area contributed by atoms with E-state index in [0.29, 0.717) is 0 Å². The minimum absolute atomic E-state index is 0.210. The molecule has 14 heavy (non-hydrogen) atoms. The van der Waals surface area contributed by atoms with Gasteiger partial charge in [-0.2, -0.15) is 11.3 Å². The Balaban J connectivity index is 2.60. The fraction of sp³-hybridized carbons (Fsp3) is 0.0909. The van der Waals surface area contributed by atoms with Gasteiger partial charge < -0.3 is 5.73 Å². The van der Waals surface area contributed by atoms with Crippen LogP contribution in [-0.2, 0) is 0 Å². The number of anilines is 1. The molecule has 0 bridgehead atoms. The molecule has 1 heterocycles. The molecule has 0 saturated heterocycles. The quantitative estimate of drug-likeness (QED) is 0.712. The van der Waals surface area contributed by atoms with E-state index in [9.17, 15) is 4.39 Å². The molecule has 2 aromatic rings. The normalized spacial score (nSPS) is 10.4. The molecule has 3 heteroatoms. The van der Waals surface area contributed by atoms with Gasteiger partial charge in [0.05, 0.1) is 5.69 Å². The number of nitrogen functional groups attached to an aromatic ring is 1. The van der Waals surface area contributed by atoms with Crippen molar-refractivity contribution in [3.05, 3.63) is 40.3 Å². The van der Waals surface area contributed by atoms with E-state index < -0.39 is 0 Å². The third-order valence-electron chi connectivity index (χ3n) is 2.18. The van der Waals surface area contributed by atoms with Crippen molar-refractivity contribution < 1.29 is 4.39 Å². The van der Waals surface area contributed by atoms with E-state index in [0.717, 1.165) is 16.7 Å². The molecule has 0 fully saturated rings. The number of hydrogen-bond acceptors (Lipinski definition) is 2. The smallest absolute Gasteiger partial charge is 0.146 e. The van der Waals surface area contributed by atoms with Crippen LogP contribution in [0.2, 0.25) is 0 Å². The first-order valence-electron chi connectivity index (χ1n) is 4.26. The molecule has 0 radical (unpaired) electrons. The largest absolute Gasteiger partial charge is 0.396 e. The second-order valence-corrected chi connectivity index (χ2v) is 3.98. The van der Waals surface area contributed by atoms with Crippen molar-refractivity contribution in [2.45, 2.75) is 6.92 Å². The summed E-state index contributed by atoms with van der Waals surface area (Å²) in [5, 5.41) is 3.97. The fourth-order valence-corrected chi connectivity index (χ4v) is 2.09. The molecule has 0 aliphatic rings. The van der Waals surface area contributed by atoms with Crippen LogP contribution < -0.4 is 5.73 Å². The van der Waals surface area contributed by atoms with E-state index >= 15 is 0 Å². The molecule has 0 unspecified atom stereocenters. The monoisotopic (exact) mass is 207 g/mol. The maximum absolute atomic E-state index is 13.2. The number of rotatable bonds is 1. The Morgan fingerprint density at radius 3 is 2.79 bits per heavy atom. The van der Waals surface area contributed by atoms with Crippen LogP contribution in [0.25, 0.3) is 11.1 Å². The van der Waals surface area contributed by atoms with E-state index in [-0.39, 0.29) is 11.5 Å². The molecule has 1 aromatic heterocycles. The minimum atomic E-state index is -0.350. The van der Waals surface area contributed by atoms with Crippen molar-refractivity contribution >= 4 is 17.0 Å². The number of thiophene rings is 1. The predicted octanol–water partition coefficient (Wildman–Crippen LogP) is 3.44. The Kier molecular flexibility index (Phi) is 2.25. The molecule has 1 aromatic carbocycles. The standard InChI is InChI=1S/C11H10FNS/c1-7-4-11(13)10(12)5-9(7)8-2-3-14-6-8/h2-6H,13H2,1H3. The van der Waals surface area contributed by atoms with Crippen LogP contribution in [0.5, 0.6) is 0 Å². The summed E-state index contributed by atoms with van der Waals surface area (Å²) in [6.07, 6.45) is 0. The minimum Gasteiger partial charge on any atom is -0.396 e. The van der Waals surface area contributed by atoms with E-state index in [1.54, 1.807) is 17.4 Å². The number of benzene rings is 1. The Morgan fingerprint density at radius 1 is 1.36 bits per heavy atom. The maximum Gasteiger partial charge on any atom is 0.146 e. The molecule has 0 saturated carbocycles. The lowest BCUT2D eigenvalue weighted by atomic mass is 10.0. The Labute approximate surface area is 86.0 Å². The highest BCUT2D eigenvalue weighted by molar-refractivity contribution is 7.08. The molecule has 0 amide bonds. The van der Waals surface area contributed by atoms with Gasteiger partial charge in [0.15, 0.2) is 0 Å². The van der Waals surface area contributed by atoms with E-state index in [2.05, 4.69) is 0 Å². The number of nitrogens with two attached hydrogens (primary N) is 1. The first-order chi connectivity index (χ1) is 6.68. The lowest BCUT2D eigenvalue weighted by Gasteiger charge is -2.05. The average Bonchev–Trinajstić information content (AvgIpc) is 2.64. The lowest BCUT2D eigenvalue weighted by Crippen LogP contribution is -1.93. The summed E-state index contributed by atoms with van der Waals surface area (Å²) >= 11 is 1.60. The van der Waals surface area contributed by atoms with Gasteiger partial charge in [0.1, 0.15) is 5.82 Å². The van der Waals surface area contributed by atoms with Crippen LogP contribution in [0.4, 0.5) is 10.1 Å². The maximum atomic E-state index is 13.2. The van der Waals surface area contributed by atoms with Crippen molar-refractivity contribution in [2.24, 2.45) is 0 Å². The first kappa shape index (κ1) is 9.21. The Hall–Kier alpha value is -1.35. The lowest BCUT2D eigenvalue weighted by molar-refractivity contribution is 0.632. The molecule has 0 aliphatic carbocycles. The zero-order valence-electron chi connectivity index (χ0n) is 7.75. The summed E-state index contributed by atoms with van der Waals surface area (Å²) in [6, 6.07) is 5.14. The number of halogens is 1. The van der Waals surface area contributed by atoms with E-state index in [4.69, 9.17) is 5.73 Å². The van der Waals surface area contributed by atoms with Crippen molar-refractivity contribution in [3.8, 4) is 11.1 Å². The van der Waals surface area contributed by atoms with Gasteiger partial charge in [-0.15, -0.1) is 0 Å². The molecule has 0 aliphatic heterocycles. The molecule has 2 rings (SSSR count). The summed E-state index contributed by atoms with van der Waals surface area (Å²) in [5.41, 5.74) is 8.64. The highest BCUT2D eigenvalue weighted by atomic mass is 32.1. The van der Waals surface area contributed by atoms with Crippen molar-refractivity contribution in [3.63, 3.8) is 0 Å². The summed E-state index contributed by atoms with van der Waals surface area (Å²) in [7, 11) is 0. The van der Waals surface area contributed by atoms with Gasteiger partial charge in [-0.05, 0) is 52.6 Å². The van der Waals surface area contributed by atoms with Gasteiger partial charge in [-0.3, -0.25) is 0 Å². The number of aryl methyl sites for hydroxylation is 1. The van der Waals surface area contributed by atoms with Crippen molar-refractivity contribution in [2.75, 3.05) is 5.73 Å². The topological polar surface area (TPSA) is 26.0 Å². The zero-order valence-corrected chi connectivity index (χ0v) is 8.57. The molecular weight excluding hydrogens is 197 g/mol.